The van der Waals surface area contributed by atoms with Crippen LogP contribution in [0.4, 0.5) is 0 Å². The molecule has 1 N–H and O–H groups in total. The van der Waals surface area contributed by atoms with Gasteiger partial charge in [-0.25, -0.2) is 0 Å². The minimum absolute atomic E-state index is 0.835. The zero-order valence-corrected chi connectivity index (χ0v) is 9.59. The minimum Gasteiger partial charge on any atom is -0.346 e. The van der Waals surface area contributed by atoms with E-state index < -0.39 is 0 Å². The Morgan fingerprint density at radius 3 is 3.00 bits per heavy atom. The van der Waals surface area contributed by atoms with Gasteiger partial charge in [0.25, 0.3) is 0 Å². The summed E-state index contributed by atoms with van der Waals surface area (Å²) in [6.45, 7) is 2.04. The fourth-order valence-corrected chi connectivity index (χ4v) is 2.12. The van der Waals surface area contributed by atoms with Crippen molar-refractivity contribution in [2.75, 3.05) is 13.6 Å². The summed E-state index contributed by atoms with van der Waals surface area (Å²) in [5, 5.41) is 5.20. The fourth-order valence-electron chi connectivity index (χ4n) is 1.83. The fraction of sp³-hybridized carbons (Fsp3) is 0.333. The Morgan fingerprint density at radius 2 is 2.20 bits per heavy atom. The minimum atomic E-state index is 0.835. The Morgan fingerprint density at radius 1 is 1.33 bits per heavy atom. The van der Waals surface area contributed by atoms with Crippen LogP contribution in [-0.4, -0.2) is 18.2 Å². The highest BCUT2D eigenvalue weighted by Crippen LogP contribution is 2.24. The molecule has 2 aromatic rings. The first-order valence-electron chi connectivity index (χ1n) is 5.21. The van der Waals surface area contributed by atoms with Crippen LogP contribution in [0.5, 0.6) is 0 Å². The number of aryl methyl sites for hydroxylation is 1. The van der Waals surface area contributed by atoms with E-state index >= 15 is 0 Å². The van der Waals surface area contributed by atoms with Crippen LogP contribution in [0.15, 0.2) is 30.5 Å². The predicted octanol–water partition coefficient (Wildman–Crippen LogP) is 2.90. The highest BCUT2D eigenvalue weighted by Gasteiger charge is 2.03. The van der Waals surface area contributed by atoms with Crippen molar-refractivity contribution in [3.63, 3.8) is 0 Å². The summed E-state index contributed by atoms with van der Waals surface area (Å²) in [6.07, 6.45) is 3.22. The van der Waals surface area contributed by atoms with E-state index in [9.17, 15) is 0 Å². The smallest absolute Gasteiger partial charge is 0.0669 e. The van der Waals surface area contributed by atoms with Gasteiger partial charge in [0, 0.05) is 18.1 Å². The number of nitrogens with one attached hydrogen (secondary N) is 1. The van der Waals surface area contributed by atoms with Crippen LogP contribution in [0.1, 0.15) is 6.42 Å². The van der Waals surface area contributed by atoms with Crippen LogP contribution < -0.4 is 5.32 Å². The lowest BCUT2D eigenvalue weighted by molar-refractivity contribution is 0.627. The van der Waals surface area contributed by atoms with Crippen molar-refractivity contribution in [2.24, 2.45) is 0 Å². The van der Waals surface area contributed by atoms with Gasteiger partial charge in [0.15, 0.2) is 0 Å². The van der Waals surface area contributed by atoms with Crippen molar-refractivity contribution in [1.29, 1.82) is 0 Å². The Bertz CT molecular complexity index is 448. The summed E-state index contributed by atoms with van der Waals surface area (Å²) >= 11 is 6.18. The predicted molar refractivity (Wildman–Crippen MR) is 65.5 cm³/mol. The number of fused-ring (bicyclic) bond motifs is 1. The van der Waals surface area contributed by atoms with Crippen LogP contribution in [0.3, 0.4) is 0 Å². The summed E-state index contributed by atoms with van der Waals surface area (Å²) in [7, 11) is 1.97. The SMILES string of the molecule is CNCCCn1ccc2cccc(Cl)c21. The molecule has 3 heteroatoms. The lowest BCUT2D eigenvalue weighted by Crippen LogP contribution is -2.10. The molecule has 1 heterocycles. The summed E-state index contributed by atoms with van der Waals surface area (Å²) in [5.74, 6) is 0. The molecule has 15 heavy (non-hydrogen) atoms. The third kappa shape index (κ3) is 2.16. The number of rotatable bonds is 4. The molecule has 1 aromatic carbocycles. The van der Waals surface area contributed by atoms with Crippen LogP contribution in [-0.2, 0) is 6.54 Å². The number of hydrogen-bond acceptors (Lipinski definition) is 1. The van der Waals surface area contributed by atoms with Crippen molar-refractivity contribution < 1.29 is 0 Å². The van der Waals surface area contributed by atoms with Gasteiger partial charge in [-0.15, -0.1) is 0 Å². The van der Waals surface area contributed by atoms with Crippen molar-refractivity contribution >= 4 is 22.5 Å². The lowest BCUT2D eigenvalue weighted by atomic mass is 10.2. The monoisotopic (exact) mass is 222 g/mol. The molecule has 0 fully saturated rings. The number of hydrogen-bond donors (Lipinski definition) is 1. The molecule has 0 saturated heterocycles. The second kappa shape index (κ2) is 4.69. The zero-order chi connectivity index (χ0) is 10.7. The molecule has 80 valence electrons. The molecule has 0 unspecified atom stereocenters. The molecule has 0 aliphatic heterocycles. The molecule has 0 spiro atoms. The van der Waals surface area contributed by atoms with Crippen molar-refractivity contribution in [3.8, 4) is 0 Å². The molecule has 2 nitrogen and oxygen atoms in total. The summed E-state index contributed by atoms with van der Waals surface area (Å²) < 4.78 is 2.22. The van der Waals surface area contributed by atoms with Gasteiger partial charge in [0.05, 0.1) is 10.5 Å². The van der Waals surface area contributed by atoms with Crippen molar-refractivity contribution in [2.45, 2.75) is 13.0 Å². The molecule has 0 atom stereocenters. The molecule has 0 aliphatic rings. The first-order chi connectivity index (χ1) is 7.33. The van der Waals surface area contributed by atoms with Crippen molar-refractivity contribution in [1.82, 2.24) is 9.88 Å². The molecule has 1 aromatic heterocycles. The van der Waals surface area contributed by atoms with E-state index in [0.717, 1.165) is 30.0 Å². The Balaban J connectivity index is 2.27. The molecule has 0 aliphatic carbocycles. The van der Waals surface area contributed by atoms with Crippen LogP contribution in [0.25, 0.3) is 10.9 Å². The van der Waals surface area contributed by atoms with Gasteiger partial charge in [0.1, 0.15) is 0 Å². The summed E-state index contributed by atoms with van der Waals surface area (Å²) in [4.78, 5) is 0. The molecule has 0 bridgehead atoms. The van der Waals surface area contributed by atoms with Gasteiger partial charge in [-0.1, -0.05) is 23.7 Å². The summed E-state index contributed by atoms with van der Waals surface area (Å²) in [6, 6.07) is 8.14. The summed E-state index contributed by atoms with van der Waals surface area (Å²) in [5.41, 5.74) is 1.15. The Kier molecular flexibility index (Phi) is 3.29. The standard InChI is InChI=1S/C12H15ClN2/c1-14-7-3-8-15-9-6-10-4-2-5-11(13)12(10)15/h2,4-6,9,14H,3,7-8H2,1H3. The van der Waals surface area contributed by atoms with Crippen molar-refractivity contribution in [3.05, 3.63) is 35.5 Å². The van der Waals surface area contributed by atoms with Gasteiger partial charge in [0.2, 0.25) is 0 Å². The highest BCUT2D eigenvalue weighted by molar-refractivity contribution is 6.35. The van der Waals surface area contributed by atoms with E-state index in [4.69, 9.17) is 11.6 Å². The second-order valence-electron chi connectivity index (χ2n) is 3.64. The molecular formula is C12H15ClN2. The maximum absolute atomic E-state index is 6.18. The van der Waals surface area contributed by atoms with Gasteiger partial charge >= 0.3 is 0 Å². The second-order valence-corrected chi connectivity index (χ2v) is 4.05. The lowest BCUT2D eigenvalue weighted by Gasteiger charge is -2.06. The van der Waals surface area contributed by atoms with E-state index in [1.807, 2.05) is 19.2 Å². The van der Waals surface area contributed by atoms with Crippen LogP contribution >= 0.6 is 11.6 Å². The molecular weight excluding hydrogens is 208 g/mol. The van der Waals surface area contributed by atoms with E-state index in [1.54, 1.807) is 0 Å². The number of halogens is 1. The van der Waals surface area contributed by atoms with Gasteiger partial charge < -0.3 is 9.88 Å². The molecule has 0 radical (unpaired) electrons. The van der Waals surface area contributed by atoms with E-state index in [0.29, 0.717) is 0 Å². The molecule has 2 rings (SSSR count). The van der Waals surface area contributed by atoms with Gasteiger partial charge in [-0.05, 0) is 32.1 Å². The third-order valence-corrected chi connectivity index (χ3v) is 2.87. The van der Waals surface area contributed by atoms with Gasteiger partial charge in [-0.3, -0.25) is 0 Å². The quantitative estimate of drug-likeness (QED) is 0.788. The van der Waals surface area contributed by atoms with E-state index in [1.165, 1.54) is 5.39 Å². The third-order valence-electron chi connectivity index (χ3n) is 2.57. The molecule has 0 saturated carbocycles. The molecule has 0 amide bonds. The average molecular weight is 223 g/mol. The maximum Gasteiger partial charge on any atom is 0.0669 e. The Hall–Kier alpha value is -0.990. The number of nitrogens with zero attached hydrogens (tertiary/aromatic N) is 1. The first-order valence-corrected chi connectivity index (χ1v) is 5.58. The zero-order valence-electron chi connectivity index (χ0n) is 8.83. The van der Waals surface area contributed by atoms with Gasteiger partial charge in [-0.2, -0.15) is 0 Å². The number of benzene rings is 1. The first kappa shape index (κ1) is 10.5. The van der Waals surface area contributed by atoms with Crippen LogP contribution in [0.2, 0.25) is 5.02 Å². The Labute approximate surface area is 94.8 Å². The van der Waals surface area contributed by atoms with E-state index in [-0.39, 0.29) is 0 Å². The maximum atomic E-state index is 6.18. The number of aromatic nitrogens is 1. The average Bonchev–Trinajstić information content (AvgIpc) is 2.63. The van der Waals surface area contributed by atoms with Crippen LogP contribution in [0, 0.1) is 0 Å². The largest absolute Gasteiger partial charge is 0.346 e. The topological polar surface area (TPSA) is 17.0 Å². The normalized spacial score (nSPS) is 11.1. The van der Waals surface area contributed by atoms with E-state index in [2.05, 4.69) is 28.2 Å². The highest BCUT2D eigenvalue weighted by atomic mass is 35.5. The number of para-hydroxylation sites is 1.